The summed E-state index contributed by atoms with van der Waals surface area (Å²) in [6.45, 7) is 0. The predicted molar refractivity (Wildman–Crippen MR) is 98.0 cm³/mol. The first-order chi connectivity index (χ1) is 9.82. The van der Waals surface area contributed by atoms with Crippen LogP contribution in [0.15, 0.2) is 91.0 Å². The maximum absolute atomic E-state index is 2.96. The molecule has 0 radical (unpaired) electrons. The van der Waals surface area contributed by atoms with Crippen molar-refractivity contribution in [2.24, 2.45) is 0 Å². The molecule has 0 N–H and O–H groups in total. The van der Waals surface area contributed by atoms with Gasteiger partial charge in [-0.25, -0.2) is 0 Å². The standard InChI is InChI=1S/3C6H5.HI.Pb/c3*1-2-4-6-5-3-1;;/h3*1-5H;1H;/q;;;;+1/p-1. The van der Waals surface area contributed by atoms with Gasteiger partial charge in [0.2, 0.25) is 0 Å². The van der Waals surface area contributed by atoms with Crippen molar-refractivity contribution < 1.29 is 0 Å². The van der Waals surface area contributed by atoms with Crippen molar-refractivity contribution in [1.29, 1.82) is 0 Å². The molecule has 0 heterocycles. The molecule has 98 valence electrons. The summed E-state index contributed by atoms with van der Waals surface area (Å²) in [5, 5.41) is 0. The van der Waals surface area contributed by atoms with Gasteiger partial charge >= 0.3 is 135 Å². The fourth-order valence-electron chi connectivity index (χ4n) is 2.50. The number of benzene rings is 3. The Morgan fingerprint density at radius 2 is 0.700 bits per heavy atom. The SMILES string of the molecule is [I][Pb]([c]1ccccc1)([c]1ccccc1)[c]1ccccc1. The minimum absolute atomic E-state index is 1.53. The summed E-state index contributed by atoms with van der Waals surface area (Å²) in [4.78, 5) is 0. The van der Waals surface area contributed by atoms with E-state index in [0.717, 1.165) is 0 Å². The van der Waals surface area contributed by atoms with Crippen molar-refractivity contribution in [3.05, 3.63) is 91.0 Å². The van der Waals surface area contributed by atoms with Gasteiger partial charge in [-0.1, -0.05) is 0 Å². The van der Waals surface area contributed by atoms with E-state index in [1.165, 1.54) is 9.37 Å². The van der Waals surface area contributed by atoms with Gasteiger partial charge in [-0.2, -0.15) is 0 Å². The Kier molecular flexibility index (Phi) is 4.55. The molecule has 20 heavy (non-hydrogen) atoms. The Bertz CT molecular complexity index is 569. The molecule has 0 aliphatic carbocycles. The molecule has 0 bridgehead atoms. The van der Waals surface area contributed by atoms with Crippen LogP contribution < -0.4 is 9.37 Å². The van der Waals surface area contributed by atoms with Crippen LogP contribution in [0.4, 0.5) is 0 Å². The van der Waals surface area contributed by atoms with Crippen LogP contribution >= 0.6 is 17.8 Å². The molecular formula is C18H15IPb. The summed E-state index contributed by atoms with van der Waals surface area (Å²) >= 11 is -0.167. The fraction of sp³-hybridized carbons (Fsp3) is 0. The maximum atomic E-state index is 2.79. The quantitative estimate of drug-likeness (QED) is 0.339. The van der Waals surface area contributed by atoms with E-state index in [1.54, 1.807) is 0 Å². The molecule has 3 aromatic carbocycles. The van der Waals surface area contributed by atoms with Crippen LogP contribution in [0.2, 0.25) is 0 Å². The molecule has 0 atom stereocenters. The molecule has 0 spiro atoms. The molecule has 3 rings (SSSR count). The number of halogens is 1. The van der Waals surface area contributed by atoms with Gasteiger partial charge in [0.15, 0.2) is 0 Å². The first-order valence-corrected chi connectivity index (χ1v) is 23.4. The third-order valence-electron chi connectivity index (χ3n) is 3.51. The molecule has 3 aromatic rings. The number of hydrogen-bond acceptors (Lipinski definition) is 0. The zero-order valence-corrected chi connectivity index (χ0v) is 17.1. The van der Waals surface area contributed by atoms with E-state index in [1.807, 2.05) is 0 Å². The summed E-state index contributed by atoms with van der Waals surface area (Å²) in [5.41, 5.74) is 0. The van der Waals surface area contributed by atoms with E-state index in [0.29, 0.717) is 0 Å². The Hall–Kier alpha value is -0.688. The molecule has 2 heteroatoms. The van der Waals surface area contributed by atoms with E-state index < -0.39 is 16.9 Å². The zero-order valence-electron chi connectivity index (χ0n) is 11.0. The monoisotopic (exact) mass is 566 g/mol. The number of rotatable bonds is 3. The summed E-state index contributed by atoms with van der Waals surface area (Å²) in [6, 6.07) is 33.1. The summed E-state index contributed by atoms with van der Waals surface area (Å²) in [5.74, 6) is 0. The van der Waals surface area contributed by atoms with Crippen molar-refractivity contribution in [1.82, 2.24) is 0 Å². The van der Waals surface area contributed by atoms with Gasteiger partial charge < -0.3 is 0 Å². The van der Waals surface area contributed by atoms with Crippen LogP contribution in [0.1, 0.15) is 0 Å². The molecule has 0 fully saturated rings. The average molecular weight is 565 g/mol. The first-order valence-electron chi connectivity index (χ1n) is 6.67. The van der Waals surface area contributed by atoms with Gasteiger partial charge in [0.1, 0.15) is 0 Å². The van der Waals surface area contributed by atoms with Crippen LogP contribution in [0.5, 0.6) is 0 Å². The van der Waals surface area contributed by atoms with Crippen LogP contribution in [-0.2, 0) is 0 Å². The molecule has 0 aliphatic heterocycles. The van der Waals surface area contributed by atoms with E-state index in [2.05, 4.69) is 109 Å². The van der Waals surface area contributed by atoms with Crippen molar-refractivity contribution >= 4 is 44.0 Å². The Morgan fingerprint density at radius 3 is 0.950 bits per heavy atom. The number of hydrogen-bond donors (Lipinski definition) is 0. The molecule has 0 aliphatic rings. The Labute approximate surface area is 134 Å². The molecule has 0 nitrogen and oxygen atoms in total. The summed E-state index contributed by atoms with van der Waals surface area (Å²) < 4.78 is 4.58. The van der Waals surface area contributed by atoms with Crippen molar-refractivity contribution in [2.45, 2.75) is 0 Å². The summed E-state index contributed by atoms with van der Waals surface area (Å²) in [7, 11) is 0. The minimum atomic E-state index is -2.96. The third-order valence-corrected chi connectivity index (χ3v) is 33.1. The topological polar surface area (TPSA) is 0 Å². The molecule has 0 saturated heterocycles. The van der Waals surface area contributed by atoms with E-state index in [9.17, 15) is 0 Å². The second-order valence-electron chi connectivity index (χ2n) is 4.76. The molecular weight excluding hydrogens is 550 g/mol. The van der Waals surface area contributed by atoms with Gasteiger partial charge in [-0.15, -0.1) is 0 Å². The van der Waals surface area contributed by atoms with E-state index in [-0.39, 0.29) is 0 Å². The first kappa shape index (κ1) is 14.3. The summed E-state index contributed by atoms with van der Waals surface area (Å²) in [6.07, 6.45) is 0. The van der Waals surface area contributed by atoms with E-state index >= 15 is 0 Å². The van der Waals surface area contributed by atoms with Gasteiger partial charge in [0.05, 0.1) is 0 Å². The van der Waals surface area contributed by atoms with E-state index in [4.69, 9.17) is 0 Å². The predicted octanol–water partition coefficient (Wildman–Crippen LogP) is 3.09. The third kappa shape index (κ3) is 2.70. The van der Waals surface area contributed by atoms with Gasteiger partial charge in [0, 0.05) is 0 Å². The molecule has 0 amide bonds. The Morgan fingerprint density at radius 1 is 0.450 bits per heavy atom. The van der Waals surface area contributed by atoms with Crippen molar-refractivity contribution in [3.63, 3.8) is 0 Å². The van der Waals surface area contributed by atoms with Gasteiger partial charge in [-0.05, 0) is 0 Å². The normalized spacial score (nSPS) is 11.2. The van der Waals surface area contributed by atoms with Crippen molar-refractivity contribution in [3.8, 4) is 0 Å². The fourth-order valence-corrected chi connectivity index (χ4v) is 23.5. The molecule has 0 aromatic heterocycles. The van der Waals surface area contributed by atoms with Crippen LogP contribution in [-0.4, -0.2) is 16.9 Å². The van der Waals surface area contributed by atoms with Crippen molar-refractivity contribution in [2.75, 3.05) is 0 Å². The van der Waals surface area contributed by atoms with Gasteiger partial charge in [-0.3, -0.25) is 0 Å². The zero-order chi connectivity index (χ0) is 13.8. The Balaban J connectivity index is 2.24. The van der Waals surface area contributed by atoms with Crippen LogP contribution in [0.3, 0.4) is 0 Å². The van der Waals surface area contributed by atoms with Crippen LogP contribution in [0, 0.1) is 0 Å². The van der Waals surface area contributed by atoms with Gasteiger partial charge in [0.25, 0.3) is 0 Å². The van der Waals surface area contributed by atoms with Crippen LogP contribution in [0.25, 0.3) is 0 Å². The molecule has 0 unspecified atom stereocenters. The second kappa shape index (κ2) is 6.39. The molecule has 0 saturated carbocycles. The second-order valence-corrected chi connectivity index (χ2v) is 30.8. The average Bonchev–Trinajstić information content (AvgIpc) is 2.56.